The summed E-state index contributed by atoms with van der Waals surface area (Å²) in [6.07, 6.45) is 0. The molecule has 0 aliphatic rings. The summed E-state index contributed by atoms with van der Waals surface area (Å²) in [5.41, 5.74) is 2.79. The zero-order valence-corrected chi connectivity index (χ0v) is 17.0. The Hall–Kier alpha value is -3.17. The number of nitrogens with one attached hydrogen (secondary N) is 1. The second-order valence-corrected chi connectivity index (χ2v) is 8.13. The molecule has 0 saturated carbocycles. The Bertz CT molecular complexity index is 1150. The average molecular weight is 415 g/mol. The molecule has 1 amide bonds. The highest BCUT2D eigenvalue weighted by Crippen LogP contribution is 2.21. The van der Waals surface area contributed by atoms with Crippen molar-refractivity contribution in [1.29, 1.82) is 0 Å². The van der Waals surface area contributed by atoms with Crippen LogP contribution in [-0.4, -0.2) is 19.5 Å². The number of hydrogen-bond acceptors (Lipinski definition) is 6. The van der Waals surface area contributed by atoms with Crippen LogP contribution in [0, 0.1) is 20.8 Å². The van der Waals surface area contributed by atoms with Crippen LogP contribution in [0.2, 0.25) is 0 Å². The fourth-order valence-corrected chi connectivity index (χ4v) is 3.59. The van der Waals surface area contributed by atoms with E-state index < -0.39 is 15.9 Å². The molecule has 0 bridgehead atoms. The van der Waals surface area contributed by atoms with Gasteiger partial charge >= 0.3 is 0 Å². The van der Waals surface area contributed by atoms with Gasteiger partial charge in [-0.3, -0.25) is 4.79 Å². The lowest BCUT2D eigenvalue weighted by Crippen LogP contribution is -2.16. The number of ether oxygens (including phenoxy) is 1. The van der Waals surface area contributed by atoms with Crippen molar-refractivity contribution in [2.24, 2.45) is 5.14 Å². The van der Waals surface area contributed by atoms with E-state index >= 15 is 0 Å². The van der Waals surface area contributed by atoms with Gasteiger partial charge in [-0.15, -0.1) is 0 Å². The monoisotopic (exact) mass is 415 g/mol. The lowest BCUT2D eigenvalue weighted by Gasteiger charge is -2.10. The molecular weight excluding hydrogens is 394 g/mol. The summed E-state index contributed by atoms with van der Waals surface area (Å²) >= 11 is 0. The maximum absolute atomic E-state index is 12.6. The van der Waals surface area contributed by atoms with E-state index in [1.807, 2.05) is 6.92 Å². The molecule has 3 aromatic rings. The van der Waals surface area contributed by atoms with Gasteiger partial charge in [-0.05, 0) is 56.7 Å². The minimum atomic E-state index is -3.88. The molecule has 0 radical (unpaired) electrons. The van der Waals surface area contributed by atoms with Crippen molar-refractivity contribution in [3.63, 3.8) is 0 Å². The van der Waals surface area contributed by atoms with Gasteiger partial charge in [0.2, 0.25) is 10.0 Å². The number of amides is 1. The predicted octanol–water partition coefficient (Wildman–Crippen LogP) is 3.08. The van der Waals surface area contributed by atoms with Gasteiger partial charge in [-0.25, -0.2) is 13.6 Å². The van der Waals surface area contributed by atoms with E-state index in [-0.39, 0.29) is 11.5 Å². The molecule has 9 heteroatoms. The summed E-state index contributed by atoms with van der Waals surface area (Å²) in [6.45, 7) is 5.53. The van der Waals surface area contributed by atoms with E-state index in [9.17, 15) is 13.2 Å². The molecule has 0 fully saturated rings. The Kier molecular flexibility index (Phi) is 5.71. The van der Waals surface area contributed by atoms with Gasteiger partial charge in [0.15, 0.2) is 0 Å². The first kappa shape index (κ1) is 20.6. The fourth-order valence-electron chi connectivity index (χ4n) is 2.78. The van der Waals surface area contributed by atoms with E-state index in [0.717, 1.165) is 11.3 Å². The average Bonchev–Trinajstić information content (AvgIpc) is 2.98. The molecule has 29 heavy (non-hydrogen) atoms. The topological polar surface area (TPSA) is 125 Å². The van der Waals surface area contributed by atoms with E-state index in [4.69, 9.17) is 14.4 Å². The summed E-state index contributed by atoms with van der Waals surface area (Å²) in [6, 6.07) is 11.2. The first-order valence-corrected chi connectivity index (χ1v) is 10.3. The number of aryl methyl sites for hydroxylation is 3. The van der Waals surface area contributed by atoms with Gasteiger partial charge in [0.25, 0.3) is 5.91 Å². The maximum Gasteiger partial charge on any atom is 0.255 e. The van der Waals surface area contributed by atoms with Crippen LogP contribution in [0.3, 0.4) is 0 Å². The first-order chi connectivity index (χ1) is 13.6. The van der Waals surface area contributed by atoms with Crippen molar-refractivity contribution < 1.29 is 22.5 Å². The Morgan fingerprint density at radius 2 is 1.93 bits per heavy atom. The molecule has 0 aliphatic carbocycles. The molecule has 2 aromatic carbocycles. The van der Waals surface area contributed by atoms with Crippen LogP contribution in [0.25, 0.3) is 0 Å². The van der Waals surface area contributed by atoms with Crippen molar-refractivity contribution in [3.8, 4) is 5.75 Å². The fraction of sp³-hybridized carbons (Fsp3) is 0.200. The van der Waals surface area contributed by atoms with Crippen LogP contribution >= 0.6 is 0 Å². The lowest BCUT2D eigenvalue weighted by molar-refractivity contribution is 0.102. The van der Waals surface area contributed by atoms with Gasteiger partial charge in [0, 0.05) is 11.3 Å². The van der Waals surface area contributed by atoms with Crippen molar-refractivity contribution in [2.75, 3.05) is 5.32 Å². The molecule has 1 aromatic heterocycles. The minimum Gasteiger partial charge on any atom is -0.489 e. The third-order valence-corrected chi connectivity index (χ3v) is 5.47. The molecule has 0 saturated heterocycles. The number of anilines is 1. The summed E-state index contributed by atoms with van der Waals surface area (Å²) < 4.78 is 34.2. The number of primary sulfonamides is 1. The minimum absolute atomic E-state index is 0.0353. The Morgan fingerprint density at radius 3 is 2.59 bits per heavy atom. The molecule has 152 valence electrons. The smallest absolute Gasteiger partial charge is 0.255 e. The number of benzene rings is 2. The van der Waals surface area contributed by atoms with E-state index in [2.05, 4.69) is 10.5 Å². The maximum atomic E-state index is 12.6. The van der Waals surface area contributed by atoms with Crippen molar-refractivity contribution in [3.05, 3.63) is 70.6 Å². The molecule has 8 nitrogen and oxygen atoms in total. The second-order valence-electron chi connectivity index (χ2n) is 6.60. The van der Waals surface area contributed by atoms with Crippen LogP contribution in [0.15, 0.2) is 51.9 Å². The predicted molar refractivity (Wildman–Crippen MR) is 107 cm³/mol. The number of carbonyl (C=O) groups excluding carboxylic acids is 1. The van der Waals surface area contributed by atoms with Crippen LogP contribution in [-0.2, 0) is 16.6 Å². The van der Waals surface area contributed by atoms with Crippen molar-refractivity contribution >= 4 is 21.6 Å². The highest BCUT2D eigenvalue weighted by Gasteiger charge is 2.15. The van der Waals surface area contributed by atoms with Crippen molar-refractivity contribution in [1.82, 2.24) is 5.16 Å². The molecule has 0 spiro atoms. The second kappa shape index (κ2) is 8.06. The number of nitrogens with two attached hydrogens (primary N) is 1. The Labute approximate surface area is 168 Å². The summed E-state index contributed by atoms with van der Waals surface area (Å²) in [5.74, 6) is 0.783. The van der Waals surface area contributed by atoms with Crippen LogP contribution in [0.5, 0.6) is 5.75 Å². The number of nitrogens with zero attached hydrogens (tertiary/aromatic N) is 1. The number of rotatable bonds is 6. The molecule has 3 rings (SSSR count). The normalized spacial score (nSPS) is 11.3. The first-order valence-electron chi connectivity index (χ1n) is 8.74. The number of sulfonamides is 1. The largest absolute Gasteiger partial charge is 0.489 e. The summed E-state index contributed by atoms with van der Waals surface area (Å²) in [4.78, 5) is 12.5. The Balaban J connectivity index is 1.74. The van der Waals surface area contributed by atoms with Gasteiger partial charge in [-0.2, -0.15) is 0 Å². The van der Waals surface area contributed by atoms with Crippen LogP contribution in [0.4, 0.5) is 5.69 Å². The number of carbonyl (C=O) groups is 1. The van der Waals surface area contributed by atoms with Crippen LogP contribution in [0.1, 0.15) is 32.9 Å². The zero-order valence-electron chi connectivity index (χ0n) is 16.2. The zero-order chi connectivity index (χ0) is 21.2. The number of aromatic nitrogens is 1. The quantitative estimate of drug-likeness (QED) is 0.637. The van der Waals surface area contributed by atoms with Gasteiger partial charge in [-0.1, -0.05) is 17.3 Å². The van der Waals surface area contributed by atoms with Crippen LogP contribution < -0.4 is 15.2 Å². The molecule has 0 atom stereocenters. The van der Waals surface area contributed by atoms with Gasteiger partial charge in [0.1, 0.15) is 18.1 Å². The third-order valence-electron chi connectivity index (χ3n) is 4.41. The highest BCUT2D eigenvalue weighted by molar-refractivity contribution is 7.89. The van der Waals surface area contributed by atoms with E-state index in [1.165, 1.54) is 6.07 Å². The van der Waals surface area contributed by atoms with E-state index in [1.54, 1.807) is 50.2 Å². The summed E-state index contributed by atoms with van der Waals surface area (Å²) in [5, 5.41) is 11.8. The van der Waals surface area contributed by atoms with Gasteiger partial charge in [0.05, 0.1) is 16.2 Å². The lowest BCUT2D eigenvalue weighted by atomic mass is 10.1. The highest BCUT2D eigenvalue weighted by atomic mass is 32.2. The number of hydrogen-bond donors (Lipinski definition) is 2. The van der Waals surface area contributed by atoms with Gasteiger partial charge < -0.3 is 14.6 Å². The molecule has 3 N–H and O–H groups in total. The Morgan fingerprint density at radius 1 is 1.17 bits per heavy atom. The third kappa shape index (κ3) is 4.82. The molecule has 0 aliphatic heterocycles. The molecule has 0 unspecified atom stereocenters. The van der Waals surface area contributed by atoms with E-state index in [0.29, 0.717) is 28.3 Å². The van der Waals surface area contributed by atoms with Crippen molar-refractivity contribution in [2.45, 2.75) is 32.3 Å². The summed E-state index contributed by atoms with van der Waals surface area (Å²) in [7, 11) is -3.88. The SMILES string of the molecule is Cc1ccc(NC(=O)c2cccc(OCc3c(C)noc3C)c2)cc1S(N)(=O)=O. The standard InChI is InChI=1S/C20H21N3O5S/c1-12-7-8-16(10-19(12)29(21,25)26)22-20(24)15-5-4-6-17(9-15)27-11-18-13(2)23-28-14(18)3/h4-10H,11H2,1-3H3,(H,22,24)(H2,21,25,26). The molecular formula is C20H21N3O5S. The molecule has 1 heterocycles.